The summed E-state index contributed by atoms with van der Waals surface area (Å²) in [6.07, 6.45) is 1.82. The number of alkyl carbamates (subject to hydrolysis) is 1. The largest absolute Gasteiger partial charge is 0.460 e. The van der Waals surface area contributed by atoms with Crippen LogP contribution in [-0.2, 0) is 68.1 Å². The number of benzene rings is 2. The molecule has 1 aromatic heterocycles. The molecule has 0 saturated carbocycles. The maximum atomic E-state index is 14.4. The van der Waals surface area contributed by atoms with E-state index >= 15 is 0 Å². The van der Waals surface area contributed by atoms with Crippen molar-refractivity contribution in [3.63, 3.8) is 0 Å². The number of aromatic nitrogens is 1. The van der Waals surface area contributed by atoms with E-state index in [1.165, 1.54) is 0 Å². The number of nitrogens with zero attached hydrogens (tertiary/aromatic N) is 1. The topological polar surface area (TPSA) is 217 Å². The van der Waals surface area contributed by atoms with Gasteiger partial charge in [-0.05, 0) is 64.7 Å². The highest BCUT2D eigenvalue weighted by atomic mass is 32.2. The quantitative estimate of drug-likeness (QED) is 0.105. The summed E-state index contributed by atoms with van der Waals surface area (Å²) < 4.78 is 42.0. The number of sulfone groups is 1. The van der Waals surface area contributed by atoms with Crippen LogP contribution in [0.4, 0.5) is 4.79 Å². The zero-order valence-corrected chi connectivity index (χ0v) is 36.8. The number of carbonyl (C=O) groups excluding carboxylic acids is 6. The van der Waals surface area contributed by atoms with Gasteiger partial charge in [-0.2, -0.15) is 0 Å². The summed E-state index contributed by atoms with van der Waals surface area (Å²) in [6.45, 7) is 13.1. The van der Waals surface area contributed by atoms with Crippen LogP contribution in [0.25, 0.3) is 10.9 Å². The first-order chi connectivity index (χ1) is 27.8. The van der Waals surface area contributed by atoms with Crippen molar-refractivity contribution in [2.24, 2.45) is 13.0 Å². The number of aryl methyl sites for hydroxylation is 1. The summed E-state index contributed by atoms with van der Waals surface area (Å²) in [5.41, 5.74) is 0.428. The first-order valence-corrected chi connectivity index (χ1v) is 21.5. The number of carbonyl (C=O) groups is 6. The first-order valence-electron chi connectivity index (χ1n) is 19.5. The monoisotopic (exact) mass is 853 g/mol. The van der Waals surface area contributed by atoms with E-state index in [2.05, 4.69) is 21.3 Å². The lowest BCUT2D eigenvalue weighted by Crippen LogP contribution is -2.59. The zero-order valence-electron chi connectivity index (χ0n) is 36.0. The molecule has 0 saturated heterocycles. The van der Waals surface area contributed by atoms with Crippen molar-refractivity contribution >= 4 is 56.5 Å². The van der Waals surface area contributed by atoms with Gasteiger partial charge in [-0.3, -0.25) is 24.0 Å². The molecule has 2 aromatic carbocycles. The van der Waals surface area contributed by atoms with Gasteiger partial charge in [-0.15, -0.1) is 0 Å². The molecule has 0 aliphatic heterocycles. The molecule has 1 heterocycles. The lowest BCUT2D eigenvalue weighted by molar-refractivity contribution is -0.157. The van der Waals surface area contributed by atoms with Gasteiger partial charge in [0.1, 0.15) is 35.9 Å². The Hall–Kier alpha value is -5.71. The fraction of sp³-hybridized carbons (Fsp3) is 0.488. The third-order valence-electron chi connectivity index (χ3n) is 8.59. The van der Waals surface area contributed by atoms with E-state index in [9.17, 15) is 37.2 Å². The number of amides is 4. The van der Waals surface area contributed by atoms with Crippen LogP contribution >= 0.6 is 0 Å². The molecule has 0 aliphatic rings. The fourth-order valence-corrected chi connectivity index (χ4v) is 6.46. The molecule has 16 nitrogen and oxygen atoms in total. The molecule has 0 radical (unpaired) electrons. The predicted octanol–water partition coefficient (Wildman–Crippen LogP) is 4.15. The van der Waals surface area contributed by atoms with E-state index in [0.717, 1.165) is 28.6 Å². The smallest absolute Gasteiger partial charge is 0.408 e. The highest BCUT2D eigenvalue weighted by Gasteiger charge is 2.34. The second kappa shape index (κ2) is 21.0. The van der Waals surface area contributed by atoms with Crippen molar-refractivity contribution in [3.8, 4) is 0 Å². The van der Waals surface area contributed by atoms with Gasteiger partial charge in [0.25, 0.3) is 0 Å². The zero-order chi connectivity index (χ0) is 45.0. The number of ether oxygens (including phenoxy) is 3. The molecule has 0 spiro atoms. The average Bonchev–Trinajstić information content (AvgIpc) is 3.44. The van der Waals surface area contributed by atoms with Crippen LogP contribution in [0.1, 0.15) is 79.4 Å². The van der Waals surface area contributed by atoms with Gasteiger partial charge in [0.05, 0.1) is 18.9 Å². The highest BCUT2D eigenvalue weighted by Crippen LogP contribution is 2.22. The van der Waals surface area contributed by atoms with Crippen molar-refractivity contribution in [3.05, 3.63) is 83.4 Å². The predicted molar refractivity (Wildman–Crippen MR) is 226 cm³/mol. The lowest BCUT2D eigenvalue weighted by Gasteiger charge is -2.28. The Bertz CT molecular complexity index is 2130. The lowest BCUT2D eigenvalue weighted by atomic mass is 9.99. The van der Waals surface area contributed by atoms with Crippen molar-refractivity contribution in [2.75, 3.05) is 6.26 Å². The Balaban J connectivity index is 1.96. The number of nitrogens with one attached hydrogen (secondary N) is 4. The molecule has 328 valence electrons. The van der Waals surface area contributed by atoms with Crippen LogP contribution in [0, 0.1) is 5.92 Å². The molecule has 4 N–H and O–H groups in total. The Morgan fingerprint density at radius 2 is 1.30 bits per heavy atom. The fourth-order valence-electron chi connectivity index (χ4n) is 5.98. The Morgan fingerprint density at radius 1 is 0.733 bits per heavy atom. The Labute approximate surface area is 352 Å². The minimum absolute atomic E-state index is 0.0820. The molecular weight excluding hydrogens is 795 g/mol. The van der Waals surface area contributed by atoms with Crippen LogP contribution in [0.15, 0.2) is 72.3 Å². The highest BCUT2D eigenvalue weighted by molar-refractivity contribution is 7.93. The molecule has 3 aromatic rings. The molecule has 0 bridgehead atoms. The SMILES string of the molecule is CC(C)[C@H](NC(=O)[C@H](Cc1cn(C)c2ccccc12)NC(=O)[C@H](CC(=O)OC(C)(C)C)NC(=O)OCc1ccccc1)C(=O)N[C@H](/C=C/S(C)(=O)=O)CC(=O)OC(C)(C)C. The van der Waals surface area contributed by atoms with Gasteiger partial charge in [0.15, 0.2) is 9.84 Å². The van der Waals surface area contributed by atoms with Crippen molar-refractivity contribution in [1.29, 1.82) is 0 Å². The first kappa shape index (κ1) is 48.7. The summed E-state index contributed by atoms with van der Waals surface area (Å²) in [5, 5.41) is 12.1. The Morgan fingerprint density at radius 3 is 1.88 bits per heavy atom. The van der Waals surface area contributed by atoms with Crippen molar-refractivity contribution < 1.29 is 51.4 Å². The molecule has 4 amide bonds. The van der Waals surface area contributed by atoms with E-state index in [1.807, 2.05) is 35.9 Å². The average molecular weight is 854 g/mol. The molecule has 60 heavy (non-hydrogen) atoms. The summed E-state index contributed by atoms with van der Waals surface area (Å²) in [5.74, 6) is -4.50. The third-order valence-corrected chi connectivity index (χ3v) is 9.24. The maximum absolute atomic E-state index is 14.4. The molecule has 4 atom stereocenters. The number of rotatable bonds is 18. The summed E-state index contributed by atoms with van der Waals surface area (Å²) in [6, 6.07) is 10.9. The minimum Gasteiger partial charge on any atom is -0.460 e. The second-order valence-corrected chi connectivity index (χ2v) is 18.8. The van der Waals surface area contributed by atoms with Crippen LogP contribution in [0.3, 0.4) is 0 Å². The summed E-state index contributed by atoms with van der Waals surface area (Å²) in [4.78, 5) is 81.1. The number of hydrogen-bond acceptors (Lipinski definition) is 11. The van der Waals surface area contributed by atoms with E-state index in [4.69, 9.17) is 14.2 Å². The number of para-hydroxylation sites is 1. The number of fused-ring (bicyclic) bond motifs is 1. The molecule has 0 aliphatic carbocycles. The van der Waals surface area contributed by atoms with Gasteiger partial charge in [-0.1, -0.05) is 68.5 Å². The van der Waals surface area contributed by atoms with Crippen LogP contribution in [0.2, 0.25) is 0 Å². The van der Waals surface area contributed by atoms with E-state index < -0.39 is 99.7 Å². The van der Waals surface area contributed by atoms with Crippen LogP contribution < -0.4 is 21.3 Å². The second-order valence-electron chi connectivity index (χ2n) is 16.9. The number of hydrogen-bond donors (Lipinski definition) is 4. The Kier molecular flexibility index (Phi) is 17.0. The third kappa shape index (κ3) is 16.9. The van der Waals surface area contributed by atoms with Gasteiger partial charge in [0, 0.05) is 42.2 Å². The van der Waals surface area contributed by atoms with Crippen molar-refractivity contribution in [1.82, 2.24) is 25.8 Å². The maximum Gasteiger partial charge on any atom is 0.408 e. The van der Waals surface area contributed by atoms with E-state index in [0.29, 0.717) is 11.1 Å². The molecule has 0 fully saturated rings. The number of esters is 2. The van der Waals surface area contributed by atoms with Crippen LogP contribution in [0.5, 0.6) is 0 Å². The molecule has 3 rings (SSSR count). The van der Waals surface area contributed by atoms with E-state index in [1.54, 1.807) is 91.9 Å². The molecule has 17 heteroatoms. The molecular formula is C43H59N5O11S. The summed E-state index contributed by atoms with van der Waals surface area (Å²) >= 11 is 0. The summed E-state index contributed by atoms with van der Waals surface area (Å²) in [7, 11) is -1.83. The standard InChI is InChI=1S/C43H59N5O11S/c1-27(2)37(40(53)44-30(20-21-60(10,55)56)23-35(49)58-42(3,4)5)47-39(52)32(22-29-25-48(9)34-19-15-14-18-31(29)34)45-38(51)33(24-36(50)59-43(6,7)8)46-41(54)57-26-28-16-12-11-13-17-28/h11-21,25,27,30,32-33,37H,22-24,26H2,1-10H3,(H,44,53)(H,45,51)(H,46,54)(H,47,52)/b21-20+/t30-,32+,33+,37+/m1/s1. The van der Waals surface area contributed by atoms with Gasteiger partial charge >= 0.3 is 18.0 Å². The van der Waals surface area contributed by atoms with Gasteiger partial charge in [-0.25, -0.2) is 13.2 Å². The normalized spacial score (nSPS) is 14.1. The van der Waals surface area contributed by atoms with Crippen molar-refractivity contribution in [2.45, 2.75) is 117 Å². The minimum atomic E-state index is -3.65. The van der Waals surface area contributed by atoms with Gasteiger partial charge in [0.2, 0.25) is 17.7 Å². The van der Waals surface area contributed by atoms with Crippen LogP contribution in [-0.4, -0.2) is 90.4 Å². The van der Waals surface area contributed by atoms with E-state index in [-0.39, 0.29) is 13.0 Å². The molecule has 0 unspecified atom stereocenters. The van der Waals surface area contributed by atoms with Gasteiger partial charge < -0.3 is 40.0 Å².